The molecule has 2 nitrogen and oxygen atoms in total. The first-order chi connectivity index (χ1) is 11.8. The van der Waals surface area contributed by atoms with Crippen LogP contribution in [-0.4, -0.2) is 4.98 Å². The van der Waals surface area contributed by atoms with Crippen molar-refractivity contribution in [1.29, 1.82) is 0 Å². The highest BCUT2D eigenvalue weighted by atomic mass is 35.5. The molecule has 0 unspecified atom stereocenters. The predicted molar refractivity (Wildman–Crippen MR) is 97.8 cm³/mol. The minimum Gasteiger partial charge on any atom is -0.464 e. The molecular formula is C21H14ClNO. The number of rotatable bonds is 3. The van der Waals surface area contributed by atoms with Gasteiger partial charge in [0.25, 0.3) is 0 Å². The number of benzene rings is 2. The molecule has 24 heavy (non-hydrogen) atoms. The van der Waals surface area contributed by atoms with E-state index >= 15 is 0 Å². The van der Waals surface area contributed by atoms with Crippen molar-refractivity contribution in [3.8, 4) is 33.8 Å². The zero-order valence-corrected chi connectivity index (χ0v) is 13.6. The van der Waals surface area contributed by atoms with Crippen LogP contribution in [0.3, 0.4) is 0 Å². The van der Waals surface area contributed by atoms with Gasteiger partial charge in [-0.3, -0.25) is 0 Å². The Morgan fingerprint density at radius 1 is 0.667 bits per heavy atom. The van der Waals surface area contributed by atoms with Crippen molar-refractivity contribution in [1.82, 2.24) is 4.98 Å². The quantitative estimate of drug-likeness (QED) is 0.438. The second kappa shape index (κ2) is 6.34. The molecule has 0 bridgehead atoms. The Hall–Kier alpha value is -2.84. The van der Waals surface area contributed by atoms with Gasteiger partial charge in [-0.1, -0.05) is 54.1 Å². The van der Waals surface area contributed by atoms with Crippen LogP contribution in [0.2, 0.25) is 5.02 Å². The first-order valence-corrected chi connectivity index (χ1v) is 8.05. The molecular weight excluding hydrogens is 318 g/mol. The molecule has 2 aromatic heterocycles. The molecule has 0 aliphatic rings. The molecule has 4 rings (SSSR count). The molecule has 2 heterocycles. The summed E-state index contributed by atoms with van der Waals surface area (Å²) in [6, 6.07) is 25.8. The normalized spacial score (nSPS) is 10.7. The van der Waals surface area contributed by atoms with Crippen LogP contribution in [0.15, 0.2) is 89.5 Å². The maximum atomic E-state index is 6.00. The van der Waals surface area contributed by atoms with E-state index in [0.717, 1.165) is 33.8 Å². The van der Waals surface area contributed by atoms with Gasteiger partial charge in [0.2, 0.25) is 0 Å². The number of halogens is 1. The van der Waals surface area contributed by atoms with Crippen LogP contribution in [0.1, 0.15) is 0 Å². The van der Waals surface area contributed by atoms with E-state index in [1.165, 1.54) is 0 Å². The van der Waals surface area contributed by atoms with Crippen LogP contribution < -0.4 is 0 Å². The second-order valence-electron chi connectivity index (χ2n) is 5.48. The fourth-order valence-corrected chi connectivity index (χ4v) is 2.77. The molecule has 0 radical (unpaired) electrons. The van der Waals surface area contributed by atoms with Gasteiger partial charge in [0.1, 0.15) is 5.76 Å². The number of furan rings is 1. The Balaban J connectivity index is 1.90. The number of pyridine rings is 1. The summed E-state index contributed by atoms with van der Waals surface area (Å²) in [6.07, 6.45) is 1.68. The Bertz CT molecular complexity index is 945. The Morgan fingerprint density at radius 2 is 1.33 bits per heavy atom. The van der Waals surface area contributed by atoms with E-state index in [0.29, 0.717) is 5.02 Å². The zero-order valence-electron chi connectivity index (χ0n) is 12.8. The molecule has 0 spiro atoms. The molecule has 0 aliphatic carbocycles. The molecule has 0 saturated carbocycles. The molecule has 0 fully saturated rings. The van der Waals surface area contributed by atoms with Crippen molar-refractivity contribution in [3.05, 3.63) is 90.1 Å². The van der Waals surface area contributed by atoms with Crippen LogP contribution in [0.4, 0.5) is 0 Å². The fraction of sp³-hybridized carbons (Fsp3) is 0. The molecule has 0 saturated heterocycles. The summed E-state index contributed by atoms with van der Waals surface area (Å²) >= 11 is 6.00. The first-order valence-electron chi connectivity index (χ1n) is 7.67. The van der Waals surface area contributed by atoms with Gasteiger partial charge in [0.15, 0.2) is 0 Å². The highest BCUT2D eigenvalue weighted by Crippen LogP contribution is 2.30. The average molecular weight is 332 g/mol. The summed E-state index contributed by atoms with van der Waals surface area (Å²) in [6.45, 7) is 0. The van der Waals surface area contributed by atoms with Gasteiger partial charge in [-0.25, -0.2) is 4.98 Å². The summed E-state index contributed by atoms with van der Waals surface area (Å²) in [5.74, 6) is 0.824. The summed E-state index contributed by atoms with van der Waals surface area (Å²) in [4.78, 5) is 4.83. The molecule has 0 amide bonds. The van der Waals surface area contributed by atoms with Crippen molar-refractivity contribution in [2.75, 3.05) is 0 Å². The number of nitrogens with zero attached hydrogens (tertiary/aromatic N) is 1. The zero-order chi connectivity index (χ0) is 16.4. The van der Waals surface area contributed by atoms with Crippen LogP contribution >= 0.6 is 11.6 Å². The maximum Gasteiger partial charge on any atom is 0.134 e. The molecule has 0 atom stereocenters. The Labute approximate surface area is 145 Å². The number of hydrogen-bond donors (Lipinski definition) is 0. The summed E-state index contributed by atoms with van der Waals surface area (Å²) in [5, 5.41) is 0.712. The van der Waals surface area contributed by atoms with Crippen molar-refractivity contribution < 1.29 is 4.42 Å². The van der Waals surface area contributed by atoms with Crippen LogP contribution in [0.5, 0.6) is 0 Å². The molecule has 2 aromatic carbocycles. The third kappa shape index (κ3) is 2.97. The first kappa shape index (κ1) is 14.7. The lowest BCUT2D eigenvalue weighted by atomic mass is 10.0. The van der Waals surface area contributed by atoms with E-state index in [1.807, 2.05) is 66.7 Å². The fourth-order valence-electron chi connectivity index (χ4n) is 2.64. The Kier molecular flexibility index (Phi) is 3.89. The minimum absolute atomic E-state index is 0.712. The number of hydrogen-bond acceptors (Lipinski definition) is 2. The van der Waals surface area contributed by atoms with Gasteiger partial charge in [-0.05, 0) is 36.4 Å². The summed E-state index contributed by atoms with van der Waals surface area (Å²) < 4.78 is 5.57. The second-order valence-corrected chi connectivity index (χ2v) is 5.91. The Morgan fingerprint density at radius 3 is 1.96 bits per heavy atom. The molecule has 116 valence electrons. The molecule has 0 N–H and O–H groups in total. The van der Waals surface area contributed by atoms with Gasteiger partial charge < -0.3 is 4.42 Å². The average Bonchev–Trinajstić information content (AvgIpc) is 3.17. The van der Waals surface area contributed by atoms with Crippen molar-refractivity contribution in [2.45, 2.75) is 0 Å². The van der Waals surface area contributed by atoms with Crippen molar-refractivity contribution in [2.24, 2.45) is 0 Å². The van der Waals surface area contributed by atoms with E-state index in [1.54, 1.807) is 6.26 Å². The van der Waals surface area contributed by atoms with Crippen molar-refractivity contribution in [3.63, 3.8) is 0 Å². The van der Waals surface area contributed by atoms with E-state index in [2.05, 4.69) is 12.1 Å². The van der Waals surface area contributed by atoms with Gasteiger partial charge in [0.05, 0.1) is 17.7 Å². The third-order valence-corrected chi connectivity index (χ3v) is 4.09. The van der Waals surface area contributed by atoms with Gasteiger partial charge in [0, 0.05) is 21.7 Å². The van der Waals surface area contributed by atoms with E-state index in [4.69, 9.17) is 21.0 Å². The van der Waals surface area contributed by atoms with Crippen molar-refractivity contribution >= 4 is 11.6 Å². The highest BCUT2D eigenvalue weighted by Gasteiger charge is 2.10. The van der Waals surface area contributed by atoms with E-state index in [9.17, 15) is 0 Å². The lowest BCUT2D eigenvalue weighted by Gasteiger charge is -2.09. The summed E-state index contributed by atoms with van der Waals surface area (Å²) in [5.41, 5.74) is 4.89. The number of aromatic nitrogens is 1. The largest absolute Gasteiger partial charge is 0.464 e. The minimum atomic E-state index is 0.712. The van der Waals surface area contributed by atoms with Gasteiger partial charge in [-0.2, -0.15) is 0 Å². The lowest BCUT2D eigenvalue weighted by Crippen LogP contribution is -1.90. The SMILES string of the molecule is Clc1ccc(-c2cc(-c3ccco3)cc(-c3ccccc3)n2)cc1. The van der Waals surface area contributed by atoms with Crippen LogP contribution in [0, 0.1) is 0 Å². The third-order valence-electron chi connectivity index (χ3n) is 3.84. The summed E-state index contributed by atoms with van der Waals surface area (Å²) in [7, 11) is 0. The molecule has 0 aliphatic heterocycles. The maximum absolute atomic E-state index is 6.00. The van der Waals surface area contributed by atoms with E-state index in [-0.39, 0.29) is 0 Å². The standard InChI is InChI=1S/C21H14ClNO/c22-18-10-8-16(9-11-18)20-14-17(21-7-4-12-24-21)13-19(23-20)15-5-2-1-3-6-15/h1-14H. The topological polar surface area (TPSA) is 26.0 Å². The van der Waals surface area contributed by atoms with Gasteiger partial charge >= 0.3 is 0 Å². The predicted octanol–water partition coefficient (Wildman–Crippen LogP) is 6.33. The highest BCUT2D eigenvalue weighted by molar-refractivity contribution is 6.30. The van der Waals surface area contributed by atoms with Crippen LogP contribution in [-0.2, 0) is 0 Å². The lowest BCUT2D eigenvalue weighted by molar-refractivity contribution is 0.582. The monoisotopic (exact) mass is 331 g/mol. The smallest absolute Gasteiger partial charge is 0.134 e. The van der Waals surface area contributed by atoms with Crippen LogP contribution in [0.25, 0.3) is 33.8 Å². The van der Waals surface area contributed by atoms with Gasteiger partial charge in [-0.15, -0.1) is 0 Å². The van der Waals surface area contributed by atoms with E-state index < -0.39 is 0 Å². The molecule has 4 aromatic rings. The molecule has 3 heteroatoms.